The number of phenolic OH excluding ortho intramolecular Hbond substituents is 1. The molecule has 0 aliphatic rings. The van der Waals surface area contributed by atoms with Crippen LogP contribution in [-0.4, -0.2) is 30.7 Å². The van der Waals surface area contributed by atoms with E-state index in [9.17, 15) is 5.11 Å². The normalized spacial score (nSPS) is 13.1. The van der Waals surface area contributed by atoms with E-state index in [0.717, 1.165) is 31.8 Å². The van der Waals surface area contributed by atoms with Crippen LogP contribution in [0.2, 0.25) is 0 Å². The Morgan fingerprint density at radius 2 is 2.00 bits per heavy atom. The van der Waals surface area contributed by atoms with Crippen molar-refractivity contribution >= 4 is 5.96 Å². The molecule has 1 unspecified atom stereocenters. The summed E-state index contributed by atoms with van der Waals surface area (Å²) in [6, 6.07) is 7.81. The molecule has 1 aromatic rings. The molecular formula is C15H25N3O. The van der Waals surface area contributed by atoms with Crippen LogP contribution >= 0.6 is 0 Å². The second-order valence-corrected chi connectivity index (χ2v) is 4.72. The Morgan fingerprint density at radius 1 is 1.32 bits per heavy atom. The van der Waals surface area contributed by atoms with Gasteiger partial charge in [-0.15, -0.1) is 0 Å². The van der Waals surface area contributed by atoms with Crippen molar-refractivity contribution < 1.29 is 5.11 Å². The van der Waals surface area contributed by atoms with Crippen molar-refractivity contribution in [1.82, 2.24) is 10.6 Å². The van der Waals surface area contributed by atoms with Crippen LogP contribution in [0.15, 0.2) is 29.3 Å². The highest BCUT2D eigenvalue weighted by Gasteiger charge is 2.01. The molecule has 0 radical (unpaired) electrons. The molecule has 0 heterocycles. The third-order valence-electron chi connectivity index (χ3n) is 3.09. The minimum Gasteiger partial charge on any atom is -0.508 e. The molecule has 0 spiro atoms. The van der Waals surface area contributed by atoms with Crippen molar-refractivity contribution in [2.24, 2.45) is 4.99 Å². The lowest BCUT2D eigenvalue weighted by Crippen LogP contribution is -2.42. The van der Waals surface area contributed by atoms with Crippen LogP contribution in [0.25, 0.3) is 0 Å². The van der Waals surface area contributed by atoms with E-state index in [2.05, 4.69) is 29.5 Å². The number of hydrogen-bond donors (Lipinski definition) is 3. The molecule has 4 nitrogen and oxygen atoms in total. The fraction of sp³-hybridized carbons (Fsp3) is 0.533. The monoisotopic (exact) mass is 263 g/mol. The van der Waals surface area contributed by atoms with Crippen LogP contribution in [0.3, 0.4) is 0 Å². The highest BCUT2D eigenvalue weighted by atomic mass is 16.3. The zero-order valence-electron chi connectivity index (χ0n) is 12.1. The average Bonchev–Trinajstić information content (AvgIpc) is 2.43. The topological polar surface area (TPSA) is 56.7 Å². The van der Waals surface area contributed by atoms with Crippen LogP contribution in [0.4, 0.5) is 0 Å². The van der Waals surface area contributed by atoms with Crippen molar-refractivity contribution in [3.8, 4) is 5.75 Å². The number of phenols is 1. The van der Waals surface area contributed by atoms with E-state index < -0.39 is 0 Å². The fourth-order valence-corrected chi connectivity index (χ4v) is 1.69. The first kappa shape index (κ1) is 15.3. The number of guanidine groups is 1. The molecule has 1 rings (SSSR count). The average molecular weight is 263 g/mol. The molecule has 0 amide bonds. The van der Waals surface area contributed by atoms with Gasteiger partial charge in [0, 0.05) is 19.6 Å². The molecule has 0 saturated heterocycles. The van der Waals surface area contributed by atoms with Gasteiger partial charge in [-0.2, -0.15) is 0 Å². The molecule has 0 bridgehead atoms. The van der Waals surface area contributed by atoms with Gasteiger partial charge in [-0.1, -0.05) is 19.1 Å². The number of nitrogens with zero attached hydrogens (tertiary/aromatic N) is 1. The summed E-state index contributed by atoms with van der Waals surface area (Å²) < 4.78 is 0. The molecule has 1 atom stereocenters. The fourth-order valence-electron chi connectivity index (χ4n) is 1.69. The van der Waals surface area contributed by atoms with Gasteiger partial charge in [0.25, 0.3) is 0 Å². The summed E-state index contributed by atoms with van der Waals surface area (Å²) in [5.41, 5.74) is 1.24. The van der Waals surface area contributed by atoms with Crippen LogP contribution in [0.5, 0.6) is 5.75 Å². The second kappa shape index (κ2) is 8.40. The zero-order valence-corrected chi connectivity index (χ0v) is 12.1. The number of aryl methyl sites for hydroxylation is 1. The van der Waals surface area contributed by atoms with Crippen LogP contribution < -0.4 is 10.6 Å². The summed E-state index contributed by atoms with van der Waals surface area (Å²) in [5, 5.41) is 15.8. The summed E-state index contributed by atoms with van der Waals surface area (Å²) in [7, 11) is 1.79. The molecule has 0 saturated carbocycles. The number of aliphatic imine (C=N–C) groups is 1. The van der Waals surface area contributed by atoms with Gasteiger partial charge in [0.1, 0.15) is 5.75 Å². The Kier molecular flexibility index (Phi) is 6.79. The molecule has 3 N–H and O–H groups in total. The molecule has 0 fully saturated rings. The van der Waals surface area contributed by atoms with Crippen molar-refractivity contribution in [2.75, 3.05) is 13.6 Å². The van der Waals surface area contributed by atoms with E-state index >= 15 is 0 Å². The summed E-state index contributed by atoms with van der Waals surface area (Å²) in [5.74, 6) is 1.18. The van der Waals surface area contributed by atoms with Crippen LogP contribution in [0.1, 0.15) is 32.3 Å². The van der Waals surface area contributed by atoms with Gasteiger partial charge in [0.2, 0.25) is 0 Å². The molecular weight excluding hydrogens is 238 g/mol. The van der Waals surface area contributed by atoms with Gasteiger partial charge in [0.05, 0.1) is 0 Å². The van der Waals surface area contributed by atoms with E-state index in [1.54, 1.807) is 19.2 Å². The molecule has 106 valence electrons. The Labute approximate surface area is 116 Å². The molecule has 0 aromatic heterocycles. The quantitative estimate of drug-likeness (QED) is 0.419. The van der Waals surface area contributed by atoms with Crippen molar-refractivity contribution in [3.05, 3.63) is 29.8 Å². The highest BCUT2D eigenvalue weighted by Crippen LogP contribution is 2.10. The first-order chi connectivity index (χ1) is 9.15. The van der Waals surface area contributed by atoms with Gasteiger partial charge < -0.3 is 15.7 Å². The highest BCUT2D eigenvalue weighted by molar-refractivity contribution is 5.79. The van der Waals surface area contributed by atoms with E-state index in [1.165, 1.54) is 5.56 Å². The van der Waals surface area contributed by atoms with E-state index in [4.69, 9.17) is 0 Å². The smallest absolute Gasteiger partial charge is 0.191 e. The maximum Gasteiger partial charge on any atom is 0.191 e. The minimum atomic E-state index is 0.319. The number of benzene rings is 1. The molecule has 1 aromatic carbocycles. The lowest BCUT2D eigenvalue weighted by atomic mass is 10.1. The first-order valence-corrected chi connectivity index (χ1v) is 6.90. The van der Waals surface area contributed by atoms with E-state index in [-0.39, 0.29) is 0 Å². The summed E-state index contributed by atoms with van der Waals surface area (Å²) in [6.07, 6.45) is 3.10. The molecule has 4 heteroatoms. The van der Waals surface area contributed by atoms with Gasteiger partial charge in [-0.05, 0) is 43.9 Å². The largest absolute Gasteiger partial charge is 0.508 e. The third kappa shape index (κ3) is 6.13. The van der Waals surface area contributed by atoms with E-state index in [0.29, 0.717) is 11.8 Å². The summed E-state index contributed by atoms with van der Waals surface area (Å²) >= 11 is 0. The summed E-state index contributed by atoms with van der Waals surface area (Å²) in [6.45, 7) is 5.18. The SMILES string of the molecule is CCC(C)NC(=NC)NCCCc1ccc(O)cc1. The Balaban J connectivity index is 2.24. The Morgan fingerprint density at radius 3 is 2.58 bits per heavy atom. The second-order valence-electron chi connectivity index (χ2n) is 4.72. The van der Waals surface area contributed by atoms with Gasteiger partial charge in [-0.3, -0.25) is 4.99 Å². The third-order valence-corrected chi connectivity index (χ3v) is 3.09. The lowest BCUT2D eigenvalue weighted by molar-refractivity contribution is 0.475. The van der Waals surface area contributed by atoms with Gasteiger partial charge >= 0.3 is 0 Å². The predicted molar refractivity (Wildman–Crippen MR) is 80.7 cm³/mol. The van der Waals surface area contributed by atoms with Crippen molar-refractivity contribution in [2.45, 2.75) is 39.2 Å². The van der Waals surface area contributed by atoms with Crippen LogP contribution in [-0.2, 0) is 6.42 Å². The first-order valence-electron chi connectivity index (χ1n) is 6.90. The minimum absolute atomic E-state index is 0.319. The molecule has 19 heavy (non-hydrogen) atoms. The van der Waals surface area contributed by atoms with Gasteiger partial charge in [0.15, 0.2) is 5.96 Å². The Bertz CT molecular complexity index is 387. The van der Waals surface area contributed by atoms with Crippen molar-refractivity contribution in [3.63, 3.8) is 0 Å². The Hall–Kier alpha value is -1.71. The zero-order chi connectivity index (χ0) is 14.1. The lowest BCUT2D eigenvalue weighted by Gasteiger charge is -2.16. The predicted octanol–water partition coefficient (Wildman–Crippen LogP) is 2.29. The number of aromatic hydroxyl groups is 1. The standard InChI is InChI=1S/C15H25N3O/c1-4-12(2)18-15(16-3)17-11-5-6-13-7-9-14(19)10-8-13/h7-10,12,19H,4-6,11H2,1-3H3,(H2,16,17,18). The maximum atomic E-state index is 9.20. The molecule has 0 aliphatic heterocycles. The van der Waals surface area contributed by atoms with Gasteiger partial charge in [-0.25, -0.2) is 0 Å². The van der Waals surface area contributed by atoms with Crippen molar-refractivity contribution in [1.29, 1.82) is 0 Å². The number of rotatable bonds is 6. The maximum absolute atomic E-state index is 9.20. The van der Waals surface area contributed by atoms with Crippen LogP contribution in [0, 0.1) is 0 Å². The number of hydrogen-bond acceptors (Lipinski definition) is 2. The van der Waals surface area contributed by atoms with E-state index in [1.807, 2.05) is 12.1 Å². The summed E-state index contributed by atoms with van der Waals surface area (Å²) in [4.78, 5) is 4.19. The molecule has 0 aliphatic carbocycles. The number of nitrogens with one attached hydrogen (secondary N) is 2.